The first kappa shape index (κ1) is 14.7. The van der Waals surface area contributed by atoms with Crippen molar-refractivity contribution in [3.63, 3.8) is 0 Å². The second-order valence-electron chi connectivity index (χ2n) is 5.30. The van der Waals surface area contributed by atoms with Gasteiger partial charge in [0, 0.05) is 29.9 Å². The topological polar surface area (TPSA) is 76.3 Å². The van der Waals surface area contributed by atoms with E-state index in [0.29, 0.717) is 11.7 Å². The molecule has 0 aliphatic heterocycles. The van der Waals surface area contributed by atoms with Crippen LogP contribution in [0.3, 0.4) is 0 Å². The Balaban J connectivity index is 2.09. The van der Waals surface area contributed by atoms with Crippen molar-refractivity contribution >= 4 is 26.3 Å². The summed E-state index contributed by atoms with van der Waals surface area (Å²) >= 11 is 1.46. The summed E-state index contributed by atoms with van der Waals surface area (Å²) in [4.78, 5) is 7.25. The van der Waals surface area contributed by atoms with Crippen molar-refractivity contribution in [2.75, 3.05) is 19.0 Å². The van der Waals surface area contributed by atoms with Crippen LogP contribution < -0.4 is 5.73 Å². The molecule has 19 heavy (non-hydrogen) atoms. The van der Waals surface area contributed by atoms with E-state index in [1.165, 1.54) is 17.6 Å². The summed E-state index contributed by atoms with van der Waals surface area (Å²) in [5.74, 6) is 0. The predicted molar refractivity (Wildman–Crippen MR) is 78.9 cm³/mol. The molecule has 1 heterocycles. The van der Waals surface area contributed by atoms with Crippen LogP contribution in [0.5, 0.6) is 0 Å². The molecule has 1 saturated carbocycles. The van der Waals surface area contributed by atoms with Gasteiger partial charge in [-0.15, -0.1) is 11.3 Å². The van der Waals surface area contributed by atoms with Crippen molar-refractivity contribution in [1.29, 1.82) is 0 Å². The van der Waals surface area contributed by atoms with Crippen molar-refractivity contribution in [2.24, 2.45) is 0 Å². The zero-order chi connectivity index (χ0) is 14.0. The van der Waals surface area contributed by atoms with Gasteiger partial charge in [0.05, 0.1) is 5.25 Å². The lowest BCUT2D eigenvalue weighted by Crippen LogP contribution is -2.46. The van der Waals surface area contributed by atoms with Gasteiger partial charge in [-0.1, -0.05) is 12.8 Å². The summed E-state index contributed by atoms with van der Waals surface area (Å²) in [6, 6.07) is 0.104. The average Bonchev–Trinajstić information content (AvgIpc) is 2.73. The van der Waals surface area contributed by atoms with Gasteiger partial charge < -0.3 is 5.73 Å². The second kappa shape index (κ2) is 5.76. The van der Waals surface area contributed by atoms with Gasteiger partial charge in [0.15, 0.2) is 15.0 Å². The van der Waals surface area contributed by atoms with Crippen LogP contribution in [0.2, 0.25) is 0 Å². The highest BCUT2D eigenvalue weighted by atomic mass is 32.2. The normalized spacial score (nSPS) is 24.8. The molecule has 1 aliphatic rings. The largest absolute Gasteiger partial charge is 0.375 e. The molecule has 1 fully saturated rings. The summed E-state index contributed by atoms with van der Waals surface area (Å²) in [5, 5.41) is 0.322. The fourth-order valence-electron chi connectivity index (χ4n) is 2.84. The molecule has 0 saturated heterocycles. The van der Waals surface area contributed by atoms with Crippen molar-refractivity contribution < 1.29 is 8.42 Å². The molecule has 1 aromatic heterocycles. The molecule has 2 unspecified atom stereocenters. The predicted octanol–water partition coefficient (Wildman–Crippen LogP) is 1.51. The van der Waals surface area contributed by atoms with Crippen LogP contribution >= 0.6 is 11.3 Å². The van der Waals surface area contributed by atoms with E-state index in [4.69, 9.17) is 5.73 Å². The lowest BCUT2D eigenvalue weighted by atomic mass is 9.94. The fourth-order valence-corrected chi connectivity index (χ4v) is 5.10. The minimum absolute atomic E-state index is 0.104. The van der Waals surface area contributed by atoms with Gasteiger partial charge >= 0.3 is 0 Å². The zero-order valence-corrected chi connectivity index (χ0v) is 13.0. The molecule has 2 rings (SSSR count). The van der Waals surface area contributed by atoms with E-state index in [-0.39, 0.29) is 11.3 Å². The van der Waals surface area contributed by atoms with Crippen LogP contribution in [0.4, 0.5) is 5.13 Å². The van der Waals surface area contributed by atoms with Gasteiger partial charge in [0.1, 0.15) is 0 Å². The summed E-state index contributed by atoms with van der Waals surface area (Å²) in [6.07, 6.45) is 6.96. The van der Waals surface area contributed by atoms with Crippen molar-refractivity contribution in [3.8, 4) is 0 Å². The van der Waals surface area contributed by atoms with Crippen molar-refractivity contribution in [2.45, 2.75) is 43.5 Å². The van der Waals surface area contributed by atoms with E-state index in [1.54, 1.807) is 6.20 Å². The maximum absolute atomic E-state index is 11.9. The molecule has 7 heteroatoms. The van der Waals surface area contributed by atoms with E-state index in [9.17, 15) is 8.42 Å². The Morgan fingerprint density at radius 2 is 2.16 bits per heavy atom. The number of sulfone groups is 1. The van der Waals surface area contributed by atoms with Crippen LogP contribution in [0.25, 0.3) is 0 Å². The summed E-state index contributed by atoms with van der Waals surface area (Å²) in [7, 11) is -0.996. The number of hydrogen-bond acceptors (Lipinski definition) is 6. The van der Waals surface area contributed by atoms with E-state index < -0.39 is 9.84 Å². The minimum atomic E-state index is -2.99. The quantitative estimate of drug-likeness (QED) is 0.912. The number of hydrogen-bond donors (Lipinski definition) is 1. The summed E-state index contributed by atoms with van der Waals surface area (Å²) in [6.45, 7) is 0.714. The Hall–Kier alpha value is -0.660. The summed E-state index contributed by atoms with van der Waals surface area (Å²) < 4.78 is 23.8. The van der Waals surface area contributed by atoms with Crippen LogP contribution in [-0.4, -0.2) is 42.9 Å². The monoisotopic (exact) mass is 303 g/mol. The Morgan fingerprint density at radius 1 is 1.47 bits per heavy atom. The number of rotatable bonds is 4. The molecule has 0 aromatic carbocycles. The Labute approximate surface area is 118 Å². The van der Waals surface area contributed by atoms with Gasteiger partial charge in [-0.2, -0.15) is 0 Å². The second-order valence-corrected chi connectivity index (χ2v) is 8.71. The molecular formula is C12H21N3O2S2. The average molecular weight is 303 g/mol. The molecular weight excluding hydrogens is 282 g/mol. The van der Waals surface area contributed by atoms with Crippen LogP contribution in [0.15, 0.2) is 6.20 Å². The maximum atomic E-state index is 11.9. The van der Waals surface area contributed by atoms with Gasteiger partial charge in [-0.25, -0.2) is 13.4 Å². The number of thiazole rings is 1. The highest BCUT2D eigenvalue weighted by molar-refractivity contribution is 7.91. The molecule has 0 bridgehead atoms. The lowest BCUT2D eigenvalue weighted by molar-refractivity contribution is 0.188. The summed E-state index contributed by atoms with van der Waals surface area (Å²) in [5.41, 5.74) is 5.62. The zero-order valence-electron chi connectivity index (χ0n) is 11.4. The van der Waals surface area contributed by atoms with E-state index >= 15 is 0 Å². The molecule has 0 radical (unpaired) electrons. The standard InChI is InChI=1S/C12H21N3O2S2/c1-15(8-9-7-14-12(13)18-9)10-5-3-4-6-11(10)19(2,16)17/h7,10-11H,3-6,8H2,1-2H3,(H2,13,14). The molecule has 2 N–H and O–H groups in total. The molecule has 1 aromatic rings. The van der Waals surface area contributed by atoms with E-state index in [2.05, 4.69) is 9.88 Å². The Kier molecular flexibility index (Phi) is 4.47. The highest BCUT2D eigenvalue weighted by Gasteiger charge is 2.35. The SMILES string of the molecule is CN(Cc1cnc(N)s1)C1CCCCC1S(C)(=O)=O. The first-order valence-corrected chi connectivity index (χ1v) is 9.24. The fraction of sp³-hybridized carbons (Fsp3) is 0.750. The van der Waals surface area contributed by atoms with Crippen LogP contribution in [-0.2, 0) is 16.4 Å². The van der Waals surface area contributed by atoms with Crippen molar-refractivity contribution in [1.82, 2.24) is 9.88 Å². The number of anilines is 1. The third kappa shape index (κ3) is 3.67. The first-order valence-electron chi connectivity index (χ1n) is 6.47. The molecule has 0 spiro atoms. The van der Waals surface area contributed by atoms with Crippen LogP contribution in [0, 0.1) is 0 Å². The maximum Gasteiger partial charge on any atom is 0.180 e. The number of aromatic nitrogens is 1. The Bertz CT molecular complexity index is 527. The minimum Gasteiger partial charge on any atom is -0.375 e. The third-order valence-electron chi connectivity index (χ3n) is 3.76. The third-order valence-corrected chi connectivity index (χ3v) is 6.22. The lowest BCUT2D eigenvalue weighted by Gasteiger charge is -2.36. The van der Waals surface area contributed by atoms with E-state index in [0.717, 1.165) is 30.6 Å². The number of nitrogens with zero attached hydrogens (tertiary/aromatic N) is 2. The number of nitrogens with two attached hydrogens (primary N) is 1. The highest BCUT2D eigenvalue weighted by Crippen LogP contribution is 2.29. The Morgan fingerprint density at radius 3 is 2.74 bits per heavy atom. The smallest absolute Gasteiger partial charge is 0.180 e. The number of nitrogen functional groups attached to an aromatic ring is 1. The molecule has 2 atom stereocenters. The molecule has 108 valence electrons. The van der Waals surface area contributed by atoms with Crippen LogP contribution in [0.1, 0.15) is 30.6 Å². The molecule has 1 aliphatic carbocycles. The van der Waals surface area contributed by atoms with Gasteiger partial charge in [-0.05, 0) is 19.9 Å². The van der Waals surface area contributed by atoms with Gasteiger partial charge in [0.25, 0.3) is 0 Å². The van der Waals surface area contributed by atoms with Crippen molar-refractivity contribution in [3.05, 3.63) is 11.1 Å². The van der Waals surface area contributed by atoms with Gasteiger partial charge in [0.2, 0.25) is 0 Å². The van der Waals surface area contributed by atoms with Gasteiger partial charge in [-0.3, -0.25) is 4.90 Å². The molecule has 5 nitrogen and oxygen atoms in total. The first-order chi connectivity index (χ1) is 8.88. The molecule has 0 amide bonds. The van der Waals surface area contributed by atoms with E-state index in [1.807, 2.05) is 7.05 Å².